The summed E-state index contributed by atoms with van der Waals surface area (Å²) in [5.41, 5.74) is 2.14. The highest BCUT2D eigenvalue weighted by molar-refractivity contribution is 7.13. The van der Waals surface area contributed by atoms with Crippen molar-refractivity contribution in [1.29, 1.82) is 0 Å². The molecule has 2 aromatic heterocycles. The molecule has 0 radical (unpaired) electrons. The van der Waals surface area contributed by atoms with Crippen LogP contribution in [0.1, 0.15) is 18.0 Å². The van der Waals surface area contributed by atoms with E-state index in [1.165, 1.54) is 35.6 Å². The van der Waals surface area contributed by atoms with Crippen LogP contribution in [-0.2, 0) is 22.6 Å². The van der Waals surface area contributed by atoms with E-state index in [4.69, 9.17) is 9.15 Å². The molecule has 0 saturated carbocycles. The summed E-state index contributed by atoms with van der Waals surface area (Å²) in [5.74, 6) is -0.119. The van der Waals surface area contributed by atoms with Crippen LogP contribution in [0.15, 0.2) is 64.5 Å². The van der Waals surface area contributed by atoms with Crippen molar-refractivity contribution in [3.05, 3.63) is 83.3 Å². The smallest absolute Gasteiger partial charge is 0.306 e. The Hall–Kier alpha value is -3.39. The van der Waals surface area contributed by atoms with Crippen LogP contribution in [0.2, 0.25) is 0 Å². The average molecular weight is 426 g/mol. The summed E-state index contributed by atoms with van der Waals surface area (Å²) in [6.07, 6.45) is 1.94. The van der Waals surface area contributed by atoms with Gasteiger partial charge in [0.25, 0.3) is 0 Å². The lowest BCUT2D eigenvalue weighted by molar-refractivity contribution is -0.145. The van der Waals surface area contributed by atoms with Crippen molar-refractivity contribution < 1.29 is 22.7 Å². The molecule has 0 N–H and O–H groups in total. The molecule has 0 atom stereocenters. The van der Waals surface area contributed by atoms with E-state index in [9.17, 15) is 13.6 Å². The molecule has 0 saturated heterocycles. The molecule has 0 aliphatic heterocycles. The average Bonchev–Trinajstić information content (AvgIpc) is 3.42. The fourth-order valence-electron chi connectivity index (χ4n) is 2.71. The van der Waals surface area contributed by atoms with Crippen molar-refractivity contribution in [2.75, 3.05) is 0 Å². The lowest BCUT2D eigenvalue weighted by Gasteiger charge is -2.01. The second-order valence-electron chi connectivity index (χ2n) is 6.44. The van der Waals surface area contributed by atoms with Crippen molar-refractivity contribution in [3.63, 3.8) is 0 Å². The van der Waals surface area contributed by atoms with Gasteiger partial charge in [0.05, 0.1) is 18.3 Å². The van der Waals surface area contributed by atoms with Gasteiger partial charge in [-0.25, -0.2) is 18.7 Å². The largest absolute Gasteiger partial charge is 0.459 e. The minimum atomic E-state index is -0.395. The molecule has 0 bridgehead atoms. The molecule has 4 rings (SSSR count). The minimum Gasteiger partial charge on any atom is -0.459 e. The van der Waals surface area contributed by atoms with Gasteiger partial charge in [0.1, 0.15) is 23.2 Å². The van der Waals surface area contributed by atoms with Crippen LogP contribution in [0.25, 0.3) is 21.9 Å². The van der Waals surface area contributed by atoms with Crippen LogP contribution in [0.4, 0.5) is 8.78 Å². The van der Waals surface area contributed by atoms with Crippen molar-refractivity contribution in [2.24, 2.45) is 0 Å². The Bertz CT molecular complexity index is 1050. The zero-order chi connectivity index (χ0) is 20.9. The van der Waals surface area contributed by atoms with E-state index in [0.29, 0.717) is 22.9 Å². The Balaban J connectivity index is 1.27. The molecule has 5 nitrogen and oxygen atoms in total. The number of benzene rings is 2. The lowest BCUT2D eigenvalue weighted by Crippen LogP contribution is -2.06. The molecule has 4 aromatic rings. The molecular weight excluding hydrogens is 410 g/mol. The van der Waals surface area contributed by atoms with Crippen LogP contribution in [0, 0.1) is 11.6 Å². The highest BCUT2D eigenvalue weighted by Gasteiger charge is 2.12. The molecule has 0 aliphatic rings. The fraction of sp³-hybridized carbons (Fsp3) is 0.136. The Morgan fingerprint density at radius 3 is 2.37 bits per heavy atom. The zero-order valence-electron chi connectivity index (χ0n) is 15.7. The molecule has 0 spiro atoms. The zero-order valence-corrected chi connectivity index (χ0v) is 16.5. The van der Waals surface area contributed by atoms with E-state index in [1.807, 2.05) is 0 Å². The Kier molecular flexibility index (Phi) is 5.94. The van der Waals surface area contributed by atoms with Gasteiger partial charge in [-0.3, -0.25) is 4.79 Å². The molecule has 2 heterocycles. The van der Waals surface area contributed by atoms with Crippen molar-refractivity contribution >= 4 is 17.3 Å². The van der Waals surface area contributed by atoms with Gasteiger partial charge in [0.15, 0.2) is 11.7 Å². The number of carbonyl (C=O) groups is 1. The second-order valence-corrected chi connectivity index (χ2v) is 7.29. The predicted octanol–water partition coefficient (Wildman–Crippen LogP) is 5.42. The van der Waals surface area contributed by atoms with E-state index in [1.54, 1.807) is 35.8 Å². The topological polar surface area (TPSA) is 65.2 Å². The summed E-state index contributed by atoms with van der Waals surface area (Å²) in [6, 6.07) is 11.9. The Labute approximate surface area is 175 Å². The van der Waals surface area contributed by atoms with Crippen LogP contribution >= 0.6 is 11.3 Å². The van der Waals surface area contributed by atoms with Crippen LogP contribution < -0.4 is 0 Å². The minimum absolute atomic E-state index is 0.0585. The molecule has 0 fully saturated rings. The number of oxazole rings is 1. The number of esters is 1. The normalized spacial score (nSPS) is 10.9. The lowest BCUT2D eigenvalue weighted by atomic mass is 10.2. The number of halogens is 2. The SMILES string of the molecule is O=C(CCc1ncc(-c2ccc(F)cc2)o1)OCc1csc(-c2ccc(F)cc2)n1. The maximum atomic E-state index is 13.0. The number of hydrogen-bond donors (Lipinski definition) is 0. The number of rotatable bonds is 7. The van der Waals surface area contributed by atoms with E-state index in [2.05, 4.69) is 9.97 Å². The van der Waals surface area contributed by atoms with Gasteiger partial charge in [-0.05, 0) is 48.5 Å². The maximum Gasteiger partial charge on any atom is 0.306 e. The summed E-state index contributed by atoms with van der Waals surface area (Å²) < 4.78 is 36.9. The standard InChI is InChI=1S/C22H16F2N2O3S/c23-16-5-1-14(2-6-16)19-11-25-20(29-19)9-10-21(27)28-12-18-13-30-22(26-18)15-3-7-17(24)8-4-15/h1-8,11,13H,9-10,12H2. The van der Waals surface area contributed by atoms with Gasteiger partial charge in [0, 0.05) is 22.9 Å². The molecule has 30 heavy (non-hydrogen) atoms. The number of ether oxygens (including phenoxy) is 1. The van der Waals surface area contributed by atoms with E-state index in [0.717, 1.165) is 10.6 Å². The number of hydrogen-bond acceptors (Lipinski definition) is 6. The first-order valence-corrected chi connectivity index (χ1v) is 10.0. The summed E-state index contributed by atoms with van der Waals surface area (Å²) in [4.78, 5) is 20.6. The first-order chi connectivity index (χ1) is 14.6. The molecule has 152 valence electrons. The van der Waals surface area contributed by atoms with Gasteiger partial charge in [0.2, 0.25) is 0 Å². The monoisotopic (exact) mass is 426 g/mol. The van der Waals surface area contributed by atoms with E-state index < -0.39 is 5.97 Å². The number of carbonyl (C=O) groups excluding carboxylic acids is 1. The maximum absolute atomic E-state index is 13.0. The van der Waals surface area contributed by atoms with Gasteiger partial charge >= 0.3 is 5.97 Å². The van der Waals surface area contributed by atoms with E-state index in [-0.39, 0.29) is 31.1 Å². The molecule has 8 heteroatoms. The van der Waals surface area contributed by atoms with Crippen molar-refractivity contribution in [3.8, 4) is 21.9 Å². The summed E-state index contributed by atoms with van der Waals surface area (Å²) >= 11 is 1.40. The second kappa shape index (κ2) is 8.96. The van der Waals surface area contributed by atoms with Crippen molar-refractivity contribution in [2.45, 2.75) is 19.4 Å². The van der Waals surface area contributed by atoms with Crippen LogP contribution in [-0.4, -0.2) is 15.9 Å². The number of nitrogens with zero attached hydrogens (tertiary/aromatic N) is 2. The molecule has 2 aromatic carbocycles. The van der Waals surface area contributed by atoms with Crippen LogP contribution in [0.3, 0.4) is 0 Å². The molecule has 0 unspecified atom stereocenters. The van der Waals surface area contributed by atoms with Gasteiger partial charge < -0.3 is 9.15 Å². The third-order valence-electron chi connectivity index (χ3n) is 4.25. The first kappa shape index (κ1) is 19.9. The molecular formula is C22H16F2N2O3S. The van der Waals surface area contributed by atoms with Gasteiger partial charge in [-0.15, -0.1) is 11.3 Å². The molecule has 0 amide bonds. The highest BCUT2D eigenvalue weighted by atomic mass is 32.1. The number of aromatic nitrogens is 2. The number of thiazole rings is 1. The third-order valence-corrected chi connectivity index (χ3v) is 5.19. The summed E-state index contributed by atoms with van der Waals surface area (Å²) in [6.45, 7) is 0.0585. The van der Waals surface area contributed by atoms with E-state index >= 15 is 0 Å². The quantitative estimate of drug-likeness (QED) is 0.369. The van der Waals surface area contributed by atoms with Gasteiger partial charge in [-0.1, -0.05) is 0 Å². The number of aryl methyl sites for hydroxylation is 1. The summed E-state index contributed by atoms with van der Waals surface area (Å²) in [7, 11) is 0. The molecule has 0 aliphatic carbocycles. The third kappa shape index (κ3) is 4.96. The Morgan fingerprint density at radius 1 is 1.00 bits per heavy atom. The van der Waals surface area contributed by atoms with Crippen LogP contribution in [0.5, 0.6) is 0 Å². The highest BCUT2D eigenvalue weighted by Crippen LogP contribution is 2.24. The van der Waals surface area contributed by atoms with Crippen molar-refractivity contribution in [1.82, 2.24) is 9.97 Å². The first-order valence-electron chi connectivity index (χ1n) is 9.13. The van der Waals surface area contributed by atoms with Gasteiger partial charge in [-0.2, -0.15) is 0 Å². The summed E-state index contributed by atoms with van der Waals surface area (Å²) in [5, 5.41) is 2.53. The fourth-order valence-corrected chi connectivity index (χ4v) is 3.52. The Morgan fingerprint density at radius 2 is 1.67 bits per heavy atom. The predicted molar refractivity (Wildman–Crippen MR) is 108 cm³/mol.